The van der Waals surface area contributed by atoms with Crippen LogP contribution in [0.15, 0.2) is 48.0 Å². The first-order valence-corrected chi connectivity index (χ1v) is 12.6. The number of ether oxygens (including phenoxy) is 1. The Bertz CT molecular complexity index is 1080. The zero-order valence-corrected chi connectivity index (χ0v) is 19.5. The topological polar surface area (TPSA) is 77.7 Å². The molecular weight excluding hydrogens is 436 g/mol. The standard InChI is InChI=1S/C25H30N4O3S/c30-24(28-11-13-32-14-12-28)18-7-9-29(10-8-18)25(31)27-17-21(23-6-3-15-33-23)20-16-26-22-5-2-1-4-19(20)22/h1-6,15-16,18,21,26H,7-14,17H2,(H,27,31)/t21-/m1/s1. The average Bonchev–Trinajstić information content (AvgIpc) is 3.55. The minimum atomic E-state index is -0.0475. The van der Waals surface area contributed by atoms with Gasteiger partial charge in [0.1, 0.15) is 0 Å². The third-order valence-corrected chi connectivity index (χ3v) is 7.78. The molecule has 3 amide bonds. The molecule has 0 saturated carbocycles. The van der Waals surface area contributed by atoms with Gasteiger partial charge in [-0.3, -0.25) is 4.79 Å². The van der Waals surface area contributed by atoms with E-state index in [9.17, 15) is 9.59 Å². The lowest BCUT2D eigenvalue weighted by Crippen LogP contribution is -2.49. The predicted molar refractivity (Wildman–Crippen MR) is 130 cm³/mol. The number of rotatable bonds is 5. The summed E-state index contributed by atoms with van der Waals surface area (Å²) >= 11 is 1.71. The first kappa shape index (κ1) is 22.0. The summed E-state index contributed by atoms with van der Waals surface area (Å²) in [7, 11) is 0. The SMILES string of the molecule is O=C(NC[C@@H](c1cccs1)c1c[nH]c2ccccc12)N1CCC(C(=O)N2CCOCC2)CC1. The largest absolute Gasteiger partial charge is 0.378 e. The highest BCUT2D eigenvalue weighted by Gasteiger charge is 2.31. The Balaban J connectivity index is 1.20. The zero-order valence-electron chi connectivity index (χ0n) is 18.7. The summed E-state index contributed by atoms with van der Waals surface area (Å²) in [4.78, 5) is 34.1. The highest BCUT2D eigenvalue weighted by molar-refractivity contribution is 7.10. The van der Waals surface area contributed by atoms with Crippen LogP contribution in [0.2, 0.25) is 0 Å². The summed E-state index contributed by atoms with van der Waals surface area (Å²) in [5.41, 5.74) is 2.30. The lowest BCUT2D eigenvalue weighted by atomic mass is 9.95. The Morgan fingerprint density at radius 2 is 1.85 bits per heavy atom. The average molecular weight is 467 g/mol. The van der Waals surface area contributed by atoms with Gasteiger partial charge in [-0.2, -0.15) is 0 Å². The van der Waals surface area contributed by atoms with Gasteiger partial charge in [-0.25, -0.2) is 4.79 Å². The van der Waals surface area contributed by atoms with Crippen LogP contribution in [0, 0.1) is 5.92 Å². The van der Waals surface area contributed by atoms with E-state index >= 15 is 0 Å². The van der Waals surface area contributed by atoms with Crippen LogP contribution in [0.25, 0.3) is 10.9 Å². The first-order valence-electron chi connectivity index (χ1n) is 11.7. The number of H-pyrrole nitrogens is 1. The summed E-state index contributed by atoms with van der Waals surface area (Å²) < 4.78 is 5.35. The maximum atomic E-state index is 13.0. The summed E-state index contributed by atoms with van der Waals surface area (Å²) in [6.07, 6.45) is 3.50. The van der Waals surface area contributed by atoms with Crippen LogP contribution in [0.4, 0.5) is 4.79 Å². The Hall–Kier alpha value is -2.84. The molecule has 2 aliphatic rings. The number of carbonyl (C=O) groups is 2. The molecule has 2 fully saturated rings. The number of urea groups is 1. The first-order chi connectivity index (χ1) is 16.2. The van der Waals surface area contributed by atoms with E-state index in [0.717, 1.165) is 18.4 Å². The molecule has 4 heterocycles. The molecule has 0 aliphatic carbocycles. The minimum Gasteiger partial charge on any atom is -0.378 e. The number of carbonyl (C=O) groups excluding carboxylic acids is 2. The number of aromatic nitrogens is 1. The molecule has 7 nitrogen and oxygen atoms in total. The number of para-hydroxylation sites is 1. The molecule has 0 radical (unpaired) electrons. The number of piperidine rings is 1. The molecule has 1 aromatic carbocycles. The van der Waals surface area contributed by atoms with E-state index in [2.05, 4.69) is 46.1 Å². The number of benzene rings is 1. The molecule has 0 unspecified atom stereocenters. The number of fused-ring (bicyclic) bond motifs is 1. The maximum absolute atomic E-state index is 13.0. The highest BCUT2D eigenvalue weighted by Crippen LogP contribution is 2.33. The van der Waals surface area contributed by atoms with Crippen molar-refractivity contribution in [3.63, 3.8) is 0 Å². The number of likely N-dealkylation sites (tertiary alicyclic amines) is 1. The number of hydrogen-bond acceptors (Lipinski definition) is 4. The normalized spacial score (nSPS) is 18.4. The van der Waals surface area contributed by atoms with Crippen LogP contribution in [-0.4, -0.2) is 72.7 Å². The molecule has 2 aliphatic heterocycles. The van der Waals surface area contributed by atoms with E-state index in [1.807, 2.05) is 21.9 Å². The van der Waals surface area contributed by atoms with Crippen molar-refractivity contribution in [2.75, 3.05) is 45.9 Å². The van der Waals surface area contributed by atoms with Crippen molar-refractivity contribution >= 4 is 34.2 Å². The Morgan fingerprint density at radius 3 is 2.61 bits per heavy atom. The van der Waals surface area contributed by atoms with Gasteiger partial charge < -0.3 is 24.8 Å². The van der Waals surface area contributed by atoms with Gasteiger partial charge in [0.15, 0.2) is 0 Å². The van der Waals surface area contributed by atoms with Crippen LogP contribution in [0.5, 0.6) is 0 Å². The van der Waals surface area contributed by atoms with E-state index < -0.39 is 0 Å². The smallest absolute Gasteiger partial charge is 0.317 e. The fourth-order valence-corrected chi connectivity index (χ4v) is 5.75. The Labute approximate surface area is 197 Å². The van der Waals surface area contributed by atoms with Gasteiger partial charge in [-0.05, 0) is 35.9 Å². The summed E-state index contributed by atoms with van der Waals surface area (Å²) in [5.74, 6) is 0.318. The van der Waals surface area contributed by atoms with Gasteiger partial charge in [-0.1, -0.05) is 24.3 Å². The molecule has 3 aromatic rings. The number of nitrogens with zero attached hydrogens (tertiary/aromatic N) is 2. The summed E-state index contributed by atoms with van der Waals surface area (Å²) in [6, 6.07) is 12.4. The number of nitrogens with one attached hydrogen (secondary N) is 2. The summed E-state index contributed by atoms with van der Waals surface area (Å²) in [6.45, 7) is 4.36. The van der Waals surface area contributed by atoms with Gasteiger partial charge in [-0.15, -0.1) is 11.3 Å². The second-order valence-corrected chi connectivity index (χ2v) is 9.72. The maximum Gasteiger partial charge on any atom is 0.317 e. The fourth-order valence-electron chi connectivity index (χ4n) is 4.91. The monoisotopic (exact) mass is 466 g/mol. The van der Waals surface area contributed by atoms with E-state index in [0.29, 0.717) is 45.9 Å². The number of morpholine rings is 1. The molecule has 8 heteroatoms. The molecule has 0 spiro atoms. The second kappa shape index (κ2) is 9.97. The molecular formula is C25H30N4O3S. The molecule has 1 atom stereocenters. The molecule has 174 valence electrons. The Kier molecular flexibility index (Phi) is 6.64. The van der Waals surface area contributed by atoms with E-state index in [1.54, 1.807) is 11.3 Å². The quantitative estimate of drug-likeness (QED) is 0.603. The third kappa shape index (κ3) is 4.77. The van der Waals surface area contributed by atoms with Gasteiger partial charge in [0.25, 0.3) is 0 Å². The highest BCUT2D eigenvalue weighted by atomic mass is 32.1. The minimum absolute atomic E-state index is 0.0113. The van der Waals surface area contributed by atoms with E-state index in [-0.39, 0.29) is 23.8 Å². The van der Waals surface area contributed by atoms with Gasteiger partial charge in [0, 0.05) is 66.5 Å². The fraction of sp³-hybridized carbons (Fsp3) is 0.440. The van der Waals surface area contributed by atoms with E-state index in [4.69, 9.17) is 4.74 Å². The molecule has 0 bridgehead atoms. The van der Waals surface area contributed by atoms with Gasteiger partial charge in [0.05, 0.1) is 13.2 Å². The number of aromatic amines is 1. The molecule has 2 aromatic heterocycles. The molecule has 5 rings (SSSR count). The van der Waals surface area contributed by atoms with Crippen molar-refractivity contribution in [2.45, 2.75) is 18.8 Å². The van der Waals surface area contributed by atoms with Crippen molar-refractivity contribution in [2.24, 2.45) is 5.92 Å². The van der Waals surface area contributed by atoms with Crippen molar-refractivity contribution in [1.29, 1.82) is 0 Å². The molecule has 33 heavy (non-hydrogen) atoms. The number of amides is 3. The Morgan fingerprint density at radius 1 is 1.06 bits per heavy atom. The number of thiophene rings is 1. The number of hydrogen-bond donors (Lipinski definition) is 2. The van der Waals surface area contributed by atoms with Crippen LogP contribution in [0.3, 0.4) is 0 Å². The van der Waals surface area contributed by atoms with E-state index in [1.165, 1.54) is 15.8 Å². The molecule has 2 saturated heterocycles. The van der Waals surface area contributed by atoms with Crippen molar-refractivity contribution < 1.29 is 14.3 Å². The van der Waals surface area contributed by atoms with Crippen molar-refractivity contribution in [3.05, 3.63) is 58.4 Å². The lowest BCUT2D eigenvalue weighted by molar-refractivity contribution is -0.141. The third-order valence-electron chi connectivity index (χ3n) is 6.79. The van der Waals surface area contributed by atoms with Crippen molar-refractivity contribution in [1.82, 2.24) is 20.1 Å². The van der Waals surface area contributed by atoms with Crippen LogP contribution >= 0.6 is 11.3 Å². The van der Waals surface area contributed by atoms with Crippen molar-refractivity contribution in [3.8, 4) is 0 Å². The van der Waals surface area contributed by atoms with Crippen LogP contribution in [-0.2, 0) is 9.53 Å². The van der Waals surface area contributed by atoms with Gasteiger partial charge >= 0.3 is 6.03 Å². The van der Waals surface area contributed by atoms with Crippen LogP contribution in [0.1, 0.15) is 29.2 Å². The predicted octanol–water partition coefficient (Wildman–Crippen LogP) is 3.64. The van der Waals surface area contributed by atoms with Gasteiger partial charge in [0.2, 0.25) is 5.91 Å². The second-order valence-electron chi connectivity index (χ2n) is 8.74. The summed E-state index contributed by atoms with van der Waals surface area (Å²) in [5, 5.41) is 6.44. The lowest BCUT2D eigenvalue weighted by Gasteiger charge is -2.35. The zero-order chi connectivity index (χ0) is 22.6. The molecule has 2 N–H and O–H groups in total. The van der Waals surface area contributed by atoms with Crippen LogP contribution < -0.4 is 5.32 Å².